The molecule has 5 nitrogen and oxygen atoms in total. The standard InChI is InChI=1S/C34H36N5P/c1-34(2)29-20-10-11-22-31(29)37(3)33(34)32-25-35-39(27-17-6-4-7-18-27)40(32,38-23-12-5-13-24-38)36-30-21-14-16-26-15-8-9-19-28(26)30/h4,6-11,14-22,25H,5,12-13,23-24H2,1-3H3. The van der Waals surface area contributed by atoms with E-state index in [1.807, 2.05) is 0 Å². The first-order chi connectivity index (χ1) is 19.5. The van der Waals surface area contributed by atoms with Gasteiger partial charge in [-0.25, -0.2) is 14.2 Å². The smallest absolute Gasteiger partial charge is 0.179 e. The van der Waals surface area contributed by atoms with Crippen LogP contribution in [-0.4, -0.2) is 31.0 Å². The molecule has 4 aromatic rings. The molecule has 3 aliphatic rings. The summed E-state index contributed by atoms with van der Waals surface area (Å²) in [6.07, 6.45) is 5.76. The zero-order valence-corrected chi connectivity index (χ0v) is 24.4. The summed E-state index contributed by atoms with van der Waals surface area (Å²) in [6, 6.07) is 34.6. The highest BCUT2D eigenvalue weighted by atomic mass is 31.2. The van der Waals surface area contributed by atoms with Gasteiger partial charge in [-0.05, 0) is 48.1 Å². The van der Waals surface area contributed by atoms with E-state index in [1.54, 1.807) is 0 Å². The number of para-hydroxylation sites is 2. The van der Waals surface area contributed by atoms with Crippen molar-refractivity contribution < 1.29 is 0 Å². The van der Waals surface area contributed by atoms with Crippen LogP contribution in [0.4, 0.5) is 17.1 Å². The molecule has 0 radical (unpaired) electrons. The minimum Gasteiger partial charge on any atom is -0.346 e. The molecular formula is C34H36N5P. The van der Waals surface area contributed by atoms with Crippen molar-refractivity contribution in [3.63, 3.8) is 0 Å². The molecule has 1 unspecified atom stereocenters. The van der Waals surface area contributed by atoms with E-state index in [4.69, 9.17) is 9.85 Å². The molecule has 6 heteroatoms. The first kappa shape index (κ1) is 25.3. The van der Waals surface area contributed by atoms with Gasteiger partial charge in [0, 0.05) is 42.3 Å². The molecule has 4 aromatic carbocycles. The molecule has 202 valence electrons. The van der Waals surface area contributed by atoms with E-state index < -0.39 is 7.36 Å². The maximum atomic E-state index is 5.94. The second-order valence-electron chi connectivity index (χ2n) is 11.5. The normalized spacial score (nSPS) is 24.1. The Balaban J connectivity index is 1.59. The SMILES string of the molecule is CN1C(=C2C=NN(c3ccccc3)P2(=Nc2cccc3ccccc23)N2CCCCC2)C(C)(C)c2ccccc21. The van der Waals surface area contributed by atoms with Crippen LogP contribution in [0.1, 0.15) is 38.7 Å². The molecule has 0 aromatic heterocycles. The summed E-state index contributed by atoms with van der Waals surface area (Å²) in [5.74, 6) is 0. The number of hydrogen-bond acceptors (Lipinski definition) is 3. The van der Waals surface area contributed by atoms with Gasteiger partial charge in [0.2, 0.25) is 0 Å². The number of piperidine rings is 1. The molecule has 0 aliphatic carbocycles. The number of benzene rings is 4. The lowest BCUT2D eigenvalue weighted by Crippen LogP contribution is -2.34. The van der Waals surface area contributed by atoms with Gasteiger partial charge in [0.15, 0.2) is 7.36 Å². The van der Waals surface area contributed by atoms with Crippen LogP contribution in [0.3, 0.4) is 0 Å². The number of rotatable bonds is 3. The van der Waals surface area contributed by atoms with Gasteiger partial charge in [0.25, 0.3) is 0 Å². The van der Waals surface area contributed by atoms with Gasteiger partial charge in [-0.3, -0.25) is 0 Å². The van der Waals surface area contributed by atoms with Crippen LogP contribution in [-0.2, 0) is 5.41 Å². The summed E-state index contributed by atoms with van der Waals surface area (Å²) in [5, 5.41) is 8.90. The highest BCUT2D eigenvalue weighted by Gasteiger charge is 2.49. The van der Waals surface area contributed by atoms with Crippen molar-refractivity contribution in [2.45, 2.75) is 38.5 Å². The zero-order valence-electron chi connectivity index (χ0n) is 23.5. The average Bonchev–Trinajstić information content (AvgIpc) is 3.46. The fourth-order valence-electron chi connectivity index (χ4n) is 6.84. The van der Waals surface area contributed by atoms with E-state index in [-0.39, 0.29) is 5.41 Å². The maximum absolute atomic E-state index is 5.94. The number of fused-ring (bicyclic) bond motifs is 2. The van der Waals surface area contributed by atoms with Crippen molar-refractivity contribution in [2.24, 2.45) is 9.85 Å². The Labute approximate surface area is 237 Å². The third kappa shape index (κ3) is 3.79. The van der Waals surface area contributed by atoms with Crippen LogP contribution in [0.25, 0.3) is 10.8 Å². The van der Waals surface area contributed by atoms with E-state index in [0.29, 0.717) is 0 Å². The van der Waals surface area contributed by atoms with Crippen LogP contribution in [0.5, 0.6) is 0 Å². The molecule has 7 rings (SSSR count). The molecule has 1 fully saturated rings. The van der Waals surface area contributed by atoms with Gasteiger partial charge in [-0.15, -0.1) is 0 Å². The summed E-state index contributed by atoms with van der Waals surface area (Å²) in [4.78, 5) is 2.41. The van der Waals surface area contributed by atoms with Crippen molar-refractivity contribution in [2.75, 3.05) is 29.8 Å². The summed E-state index contributed by atoms with van der Waals surface area (Å²) in [5.41, 5.74) is 5.87. The van der Waals surface area contributed by atoms with Gasteiger partial charge < -0.3 is 4.90 Å². The Morgan fingerprint density at radius 3 is 2.27 bits per heavy atom. The Hall–Kier alpha value is -3.66. The first-order valence-electron chi connectivity index (χ1n) is 14.4. The number of hydrogen-bond donors (Lipinski definition) is 0. The van der Waals surface area contributed by atoms with Gasteiger partial charge >= 0.3 is 0 Å². The lowest BCUT2D eigenvalue weighted by molar-refractivity contribution is 0.366. The fourth-order valence-corrected chi connectivity index (χ4v) is 10.8. The Bertz CT molecular complexity index is 1690. The van der Waals surface area contributed by atoms with E-state index in [1.165, 1.54) is 52.3 Å². The molecule has 0 bridgehead atoms. The second kappa shape index (κ2) is 9.76. The molecule has 0 amide bonds. The Morgan fingerprint density at radius 1 is 0.775 bits per heavy atom. The van der Waals surface area contributed by atoms with Gasteiger partial charge in [0.1, 0.15) is 0 Å². The van der Waals surface area contributed by atoms with Crippen molar-refractivity contribution in [3.05, 3.63) is 114 Å². The summed E-state index contributed by atoms with van der Waals surface area (Å²) in [7, 11) is -0.358. The molecule has 0 N–H and O–H groups in total. The summed E-state index contributed by atoms with van der Waals surface area (Å²) >= 11 is 0. The average molecular weight is 546 g/mol. The van der Waals surface area contributed by atoms with Crippen LogP contribution >= 0.6 is 7.36 Å². The predicted octanol–water partition coefficient (Wildman–Crippen LogP) is 9.13. The third-order valence-electron chi connectivity index (χ3n) is 8.71. The minimum atomic E-state index is -2.58. The van der Waals surface area contributed by atoms with Crippen molar-refractivity contribution >= 4 is 41.4 Å². The number of anilines is 2. The van der Waals surface area contributed by atoms with Crippen LogP contribution in [0.2, 0.25) is 0 Å². The number of nitrogens with zero attached hydrogens (tertiary/aromatic N) is 5. The monoisotopic (exact) mass is 545 g/mol. The molecule has 1 atom stereocenters. The molecule has 3 heterocycles. The topological polar surface area (TPSA) is 34.4 Å². The summed E-state index contributed by atoms with van der Waals surface area (Å²) in [6.45, 7) is 6.75. The zero-order chi connectivity index (χ0) is 27.3. The minimum absolute atomic E-state index is 0.186. The molecule has 40 heavy (non-hydrogen) atoms. The third-order valence-corrected chi connectivity index (χ3v) is 12.2. The van der Waals surface area contributed by atoms with Crippen LogP contribution in [0, 0.1) is 0 Å². The lowest BCUT2D eigenvalue weighted by Gasteiger charge is -2.43. The summed E-state index contributed by atoms with van der Waals surface area (Å²) < 4.78 is 10.9. The fraction of sp³-hybridized carbons (Fsp3) is 0.265. The quantitative estimate of drug-likeness (QED) is 0.241. The van der Waals surface area contributed by atoms with Gasteiger partial charge in [-0.2, -0.15) is 5.10 Å². The second-order valence-corrected chi connectivity index (χ2v) is 14.2. The van der Waals surface area contributed by atoms with E-state index in [2.05, 4.69) is 139 Å². The Kier molecular flexibility index (Phi) is 6.18. The lowest BCUT2D eigenvalue weighted by atomic mass is 9.84. The van der Waals surface area contributed by atoms with Gasteiger partial charge in [-0.1, -0.05) is 93.1 Å². The highest BCUT2D eigenvalue weighted by molar-refractivity contribution is 7.71. The molecule has 1 saturated heterocycles. The number of likely N-dealkylation sites (N-methyl/N-ethyl adjacent to an activating group) is 1. The van der Waals surface area contributed by atoms with Crippen molar-refractivity contribution in [3.8, 4) is 0 Å². The van der Waals surface area contributed by atoms with E-state index >= 15 is 0 Å². The number of hydrazone groups is 1. The van der Waals surface area contributed by atoms with Crippen LogP contribution < -0.4 is 9.68 Å². The highest BCUT2D eigenvalue weighted by Crippen LogP contribution is 2.71. The van der Waals surface area contributed by atoms with E-state index in [0.717, 1.165) is 24.5 Å². The van der Waals surface area contributed by atoms with Gasteiger partial charge in [0.05, 0.1) is 22.9 Å². The largest absolute Gasteiger partial charge is 0.346 e. The molecule has 3 aliphatic heterocycles. The van der Waals surface area contributed by atoms with Crippen molar-refractivity contribution in [1.82, 2.24) is 4.67 Å². The first-order valence-corrected chi connectivity index (χ1v) is 16.0. The van der Waals surface area contributed by atoms with E-state index in [9.17, 15) is 0 Å². The number of allylic oxidation sites excluding steroid dienone is 2. The molecular weight excluding hydrogens is 509 g/mol. The van der Waals surface area contributed by atoms with Crippen LogP contribution in [0.15, 0.2) is 118 Å². The molecule has 0 saturated carbocycles. The van der Waals surface area contributed by atoms with Crippen molar-refractivity contribution in [1.29, 1.82) is 0 Å². The maximum Gasteiger partial charge on any atom is 0.179 e. The Morgan fingerprint density at radius 2 is 1.48 bits per heavy atom. The molecule has 0 spiro atoms. The predicted molar refractivity (Wildman–Crippen MR) is 171 cm³/mol.